The molecule has 0 aromatic heterocycles. The molecule has 1 unspecified atom stereocenters. The number of amides is 3. The van der Waals surface area contributed by atoms with Gasteiger partial charge in [-0.25, -0.2) is 9.59 Å². The average molecular weight is 600 g/mol. The van der Waals surface area contributed by atoms with Gasteiger partial charge in [-0.2, -0.15) is 0 Å². The summed E-state index contributed by atoms with van der Waals surface area (Å²) in [6.45, 7) is 0.310. The Balaban J connectivity index is 1.34. The third kappa shape index (κ3) is 6.99. The van der Waals surface area contributed by atoms with Gasteiger partial charge < -0.3 is 30.1 Å². The van der Waals surface area contributed by atoms with Crippen molar-refractivity contribution in [1.82, 2.24) is 4.90 Å². The third-order valence-corrected chi connectivity index (χ3v) is 7.61. The van der Waals surface area contributed by atoms with Crippen LogP contribution in [0.2, 0.25) is 0 Å². The van der Waals surface area contributed by atoms with Gasteiger partial charge in [0.05, 0.1) is 42.4 Å². The summed E-state index contributed by atoms with van der Waals surface area (Å²) in [5.74, 6) is 1.27. The van der Waals surface area contributed by atoms with E-state index in [0.29, 0.717) is 35.4 Å². The fourth-order valence-corrected chi connectivity index (χ4v) is 5.43. The van der Waals surface area contributed by atoms with E-state index in [2.05, 4.69) is 26.6 Å². The number of thioether (sulfide) groups is 1. The monoisotopic (exact) mass is 599 g/mol. The normalized spacial score (nSPS) is 14.6. The van der Waals surface area contributed by atoms with Crippen LogP contribution in [0.4, 0.5) is 16.2 Å². The van der Waals surface area contributed by atoms with Crippen molar-refractivity contribution in [2.24, 2.45) is 0 Å². The predicted molar refractivity (Wildman–Crippen MR) is 150 cm³/mol. The molecule has 3 aromatic rings. The lowest BCUT2D eigenvalue weighted by atomic mass is 10.1. The Hall–Kier alpha value is -3.70. The average Bonchev–Trinajstić information content (AvgIpc) is 3.39. The second kappa shape index (κ2) is 12.7. The summed E-state index contributed by atoms with van der Waals surface area (Å²) in [4.78, 5) is 38.4. The highest BCUT2D eigenvalue weighted by Crippen LogP contribution is 2.28. The van der Waals surface area contributed by atoms with E-state index in [1.165, 1.54) is 19.2 Å². The van der Waals surface area contributed by atoms with Gasteiger partial charge in [-0.1, -0.05) is 18.2 Å². The second-order valence-corrected chi connectivity index (χ2v) is 10.3. The van der Waals surface area contributed by atoms with Crippen LogP contribution >= 0.6 is 27.7 Å². The number of ether oxygens (including phenoxy) is 2. The van der Waals surface area contributed by atoms with Gasteiger partial charge in [0.25, 0.3) is 0 Å². The van der Waals surface area contributed by atoms with Gasteiger partial charge in [-0.15, -0.1) is 11.8 Å². The van der Waals surface area contributed by atoms with E-state index in [0.717, 1.165) is 15.8 Å². The molecule has 1 aliphatic heterocycles. The van der Waals surface area contributed by atoms with Crippen LogP contribution in [-0.4, -0.2) is 59.3 Å². The molecule has 11 heteroatoms. The Morgan fingerprint density at radius 1 is 1.05 bits per heavy atom. The molecule has 1 fully saturated rings. The maximum Gasteiger partial charge on any atom is 0.335 e. The summed E-state index contributed by atoms with van der Waals surface area (Å²) in [7, 11) is 1.51. The minimum Gasteiger partial charge on any atom is -0.495 e. The van der Waals surface area contributed by atoms with Gasteiger partial charge in [-0.05, 0) is 70.0 Å². The molecule has 3 amide bonds. The second-order valence-electron chi connectivity index (χ2n) is 8.43. The number of nitrogens with one attached hydrogen (secondary N) is 2. The zero-order valence-electron chi connectivity index (χ0n) is 20.5. The molecule has 1 aliphatic rings. The number of hydrogen-bond donors (Lipinski definition) is 3. The van der Waals surface area contributed by atoms with Gasteiger partial charge in [0, 0.05) is 10.2 Å². The van der Waals surface area contributed by atoms with Crippen LogP contribution in [0.5, 0.6) is 11.5 Å². The lowest BCUT2D eigenvalue weighted by Crippen LogP contribution is -2.41. The molecule has 0 aliphatic carbocycles. The molecular formula is C27H26BrN3O6S. The summed E-state index contributed by atoms with van der Waals surface area (Å²) in [6.07, 6.45) is 0.171. The van der Waals surface area contributed by atoms with Crippen LogP contribution in [0.25, 0.3) is 0 Å². The number of carbonyl (C=O) groups is 3. The number of halogens is 1. The number of anilines is 2. The Bertz CT molecular complexity index is 1320. The first-order valence-corrected chi connectivity index (χ1v) is 13.6. The van der Waals surface area contributed by atoms with Crippen molar-refractivity contribution in [2.75, 3.05) is 36.0 Å². The molecule has 0 spiro atoms. The molecular weight excluding hydrogens is 574 g/mol. The number of nitrogens with zero attached hydrogens (tertiary/aromatic N) is 1. The SMILES string of the molecule is COc1cc(CC(=O)N2CSCC2COc2ccc(C(=O)O)cc2)ccc1NC(=O)Nc1ccccc1Br. The van der Waals surface area contributed by atoms with E-state index in [1.54, 1.807) is 53.1 Å². The molecule has 3 aromatic carbocycles. The van der Waals surface area contributed by atoms with E-state index in [4.69, 9.17) is 14.6 Å². The predicted octanol–water partition coefficient (Wildman–Crippen LogP) is 5.32. The molecule has 4 rings (SSSR count). The van der Waals surface area contributed by atoms with Crippen LogP contribution in [0.15, 0.2) is 71.2 Å². The van der Waals surface area contributed by atoms with E-state index in [-0.39, 0.29) is 23.9 Å². The fraction of sp³-hybridized carbons (Fsp3) is 0.222. The first kappa shape index (κ1) is 27.3. The van der Waals surface area contributed by atoms with E-state index < -0.39 is 12.0 Å². The summed E-state index contributed by atoms with van der Waals surface area (Å²) < 4.78 is 12.0. The quantitative estimate of drug-likeness (QED) is 0.304. The van der Waals surface area contributed by atoms with Crippen LogP contribution in [0, 0.1) is 0 Å². The number of para-hydroxylation sites is 1. The zero-order valence-corrected chi connectivity index (χ0v) is 22.9. The number of methoxy groups -OCH3 is 1. The smallest absolute Gasteiger partial charge is 0.335 e. The molecule has 9 nitrogen and oxygen atoms in total. The molecule has 1 heterocycles. The Labute approximate surface area is 232 Å². The molecule has 1 atom stereocenters. The fourth-order valence-electron chi connectivity index (χ4n) is 3.85. The van der Waals surface area contributed by atoms with Crippen molar-refractivity contribution in [2.45, 2.75) is 12.5 Å². The maximum absolute atomic E-state index is 13.1. The first-order valence-electron chi connectivity index (χ1n) is 11.7. The van der Waals surface area contributed by atoms with Crippen molar-refractivity contribution in [3.8, 4) is 11.5 Å². The summed E-state index contributed by atoms with van der Waals surface area (Å²) in [6, 6.07) is 18.2. The number of urea groups is 1. The third-order valence-electron chi connectivity index (χ3n) is 5.84. The van der Waals surface area contributed by atoms with Gasteiger partial charge in [-0.3, -0.25) is 4.79 Å². The zero-order chi connectivity index (χ0) is 27.1. The Morgan fingerprint density at radius 2 is 1.79 bits per heavy atom. The maximum atomic E-state index is 13.1. The van der Waals surface area contributed by atoms with Crippen LogP contribution in [0.3, 0.4) is 0 Å². The first-order chi connectivity index (χ1) is 18.3. The Morgan fingerprint density at radius 3 is 2.50 bits per heavy atom. The van der Waals surface area contributed by atoms with Crippen molar-refractivity contribution in [1.29, 1.82) is 0 Å². The highest BCUT2D eigenvalue weighted by Gasteiger charge is 2.30. The molecule has 0 saturated carbocycles. The molecule has 198 valence electrons. The van der Waals surface area contributed by atoms with E-state index in [1.807, 2.05) is 18.2 Å². The number of hydrogen-bond acceptors (Lipinski definition) is 6. The van der Waals surface area contributed by atoms with E-state index in [9.17, 15) is 14.4 Å². The lowest BCUT2D eigenvalue weighted by molar-refractivity contribution is -0.131. The van der Waals surface area contributed by atoms with Gasteiger partial charge >= 0.3 is 12.0 Å². The van der Waals surface area contributed by atoms with Crippen molar-refractivity contribution >= 4 is 57.0 Å². The molecule has 0 bridgehead atoms. The number of carboxylic acids is 1. The number of aromatic carboxylic acids is 1. The standard InChI is InChI=1S/C27H26BrN3O6S/c1-36-24-12-17(6-11-23(24)30-27(35)29-22-5-3-2-4-21(22)28)13-25(32)31-16-38-15-19(31)14-37-20-9-7-18(8-10-20)26(33)34/h2-12,19H,13-16H2,1H3,(H,33,34)(H2,29,30,35). The highest BCUT2D eigenvalue weighted by atomic mass is 79.9. The minimum absolute atomic E-state index is 0.0424. The van der Waals surface area contributed by atoms with Gasteiger partial charge in [0.15, 0.2) is 0 Å². The topological polar surface area (TPSA) is 117 Å². The molecule has 0 radical (unpaired) electrons. The largest absolute Gasteiger partial charge is 0.495 e. The van der Waals surface area contributed by atoms with Crippen molar-refractivity contribution in [3.63, 3.8) is 0 Å². The highest BCUT2D eigenvalue weighted by molar-refractivity contribution is 9.10. The Kier molecular flexibility index (Phi) is 9.14. The number of rotatable bonds is 9. The van der Waals surface area contributed by atoms with Crippen LogP contribution in [0.1, 0.15) is 15.9 Å². The van der Waals surface area contributed by atoms with Crippen molar-refractivity contribution < 1.29 is 29.0 Å². The van der Waals surface area contributed by atoms with Crippen LogP contribution in [-0.2, 0) is 11.2 Å². The van der Waals surface area contributed by atoms with E-state index >= 15 is 0 Å². The number of benzene rings is 3. The molecule has 38 heavy (non-hydrogen) atoms. The van der Waals surface area contributed by atoms with Gasteiger partial charge in [0.2, 0.25) is 5.91 Å². The number of carbonyl (C=O) groups excluding carboxylic acids is 2. The van der Waals surface area contributed by atoms with Crippen LogP contribution < -0.4 is 20.1 Å². The summed E-state index contributed by atoms with van der Waals surface area (Å²) in [5.41, 5.74) is 2.05. The van der Waals surface area contributed by atoms with Gasteiger partial charge in [0.1, 0.15) is 18.1 Å². The molecule has 1 saturated heterocycles. The lowest BCUT2D eigenvalue weighted by Gasteiger charge is -2.24. The number of carboxylic acid groups (broad SMARTS) is 1. The van der Waals surface area contributed by atoms with Crippen molar-refractivity contribution in [3.05, 3.63) is 82.3 Å². The summed E-state index contributed by atoms with van der Waals surface area (Å²) >= 11 is 5.05. The summed E-state index contributed by atoms with van der Waals surface area (Å²) in [5, 5.41) is 14.6. The molecule has 3 N–H and O–H groups in total. The minimum atomic E-state index is -0.996.